The fraction of sp³-hybridized carbons (Fsp3) is 0.348. The van der Waals surface area contributed by atoms with E-state index in [-0.39, 0.29) is 0 Å². The number of carboxylic acid groups (broad SMARTS) is 1. The van der Waals surface area contributed by atoms with E-state index in [2.05, 4.69) is 17.0 Å². The summed E-state index contributed by atoms with van der Waals surface area (Å²) in [6.45, 7) is 3.03. The van der Waals surface area contributed by atoms with E-state index in [1.54, 1.807) is 19.2 Å². The number of carboxylic acids is 1. The van der Waals surface area contributed by atoms with Crippen LogP contribution in [0.15, 0.2) is 48.5 Å². The summed E-state index contributed by atoms with van der Waals surface area (Å²) in [5, 5.41) is 13.8. The molecule has 0 bridgehead atoms. The third-order valence-electron chi connectivity index (χ3n) is 4.92. The van der Waals surface area contributed by atoms with Crippen LogP contribution in [0.5, 0.6) is 6.01 Å². The van der Waals surface area contributed by atoms with Crippen molar-refractivity contribution in [1.29, 1.82) is 0 Å². The molecule has 0 fully saturated rings. The van der Waals surface area contributed by atoms with Crippen LogP contribution >= 0.6 is 0 Å². The van der Waals surface area contributed by atoms with Crippen LogP contribution in [0.3, 0.4) is 0 Å². The second kappa shape index (κ2) is 9.87. The van der Waals surface area contributed by atoms with Gasteiger partial charge in [-0.3, -0.25) is 0 Å². The minimum Gasteiger partial charge on any atom is -0.478 e. The average Bonchev–Trinajstić information content (AvgIpc) is 3.13. The minimum absolute atomic E-state index is 0.303. The third-order valence-corrected chi connectivity index (χ3v) is 4.92. The molecule has 0 aliphatic heterocycles. The fourth-order valence-corrected chi connectivity index (χ4v) is 3.34. The zero-order valence-electron chi connectivity index (χ0n) is 17.0. The lowest BCUT2D eigenvalue weighted by Crippen LogP contribution is -2.07. The van der Waals surface area contributed by atoms with E-state index < -0.39 is 5.97 Å². The van der Waals surface area contributed by atoms with Crippen LogP contribution in [0, 0.1) is 0 Å². The lowest BCUT2D eigenvalue weighted by atomic mass is 9.98. The van der Waals surface area contributed by atoms with Crippen molar-refractivity contribution in [2.24, 2.45) is 0 Å². The molecule has 6 heteroatoms. The number of nitrogens with zero attached hydrogens (tertiary/aromatic N) is 3. The predicted octanol–water partition coefficient (Wildman–Crippen LogP) is 4.82. The Kier molecular flexibility index (Phi) is 7.00. The van der Waals surface area contributed by atoms with Crippen LogP contribution in [0.4, 0.5) is 0 Å². The predicted molar refractivity (Wildman–Crippen MR) is 112 cm³/mol. The summed E-state index contributed by atoms with van der Waals surface area (Å²) in [6.07, 6.45) is 5.31. The molecule has 29 heavy (non-hydrogen) atoms. The van der Waals surface area contributed by atoms with E-state index in [1.165, 1.54) is 19.3 Å². The Labute approximate surface area is 171 Å². The minimum atomic E-state index is -0.923. The Morgan fingerprint density at radius 3 is 2.52 bits per heavy atom. The summed E-state index contributed by atoms with van der Waals surface area (Å²) in [4.78, 5) is 16.0. The Balaban J connectivity index is 1.76. The molecule has 0 radical (unpaired) electrons. The first-order chi connectivity index (χ1) is 14.1. The van der Waals surface area contributed by atoms with E-state index in [0.29, 0.717) is 23.6 Å². The van der Waals surface area contributed by atoms with Crippen molar-refractivity contribution in [3.8, 4) is 17.1 Å². The van der Waals surface area contributed by atoms with Gasteiger partial charge in [-0.15, -0.1) is 5.10 Å². The van der Waals surface area contributed by atoms with Crippen molar-refractivity contribution in [2.45, 2.75) is 45.6 Å². The molecule has 6 nitrogen and oxygen atoms in total. The Morgan fingerprint density at radius 2 is 1.83 bits per heavy atom. The molecule has 0 atom stereocenters. The number of aryl methyl sites for hydroxylation is 1. The van der Waals surface area contributed by atoms with Crippen molar-refractivity contribution in [3.05, 3.63) is 65.5 Å². The van der Waals surface area contributed by atoms with Gasteiger partial charge >= 0.3 is 12.0 Å². The highest BCUT2D eigenvalue weighted by Gasteiger charge is 2.13. The molecule has 3 rings (SSSR count). The molecule has 1 N–H and O–H groups in total. The number of benzene rings is 2. The number of hydrogen-bond acceptors (Lipinski definition) is 4. The third kappa shape index (κ3) is 5.22. The maximum Gasteiger partial charge on any atom is 0.336 e. The Morgan fingerprint density at radius 1 is 1.07 bits per heavy atom. The zero-order chi connectivity index (χ0) is 20.6. The number of ether oxygens (including phenoxy) is 1. The first-order valence-corrected chi connectivity index (χ1v) is 10.0. The van der Waals surface area contributed by atoms with Gasteiger partial charge in [-0.2, -0.15) is 4.98 Å². The summed E-state index contributed by atoms with van der Waals surface area (Å²) >= 11 is 0. The lowest BCUT2D eigenvalue weighted by Gasteiger charge is -2.08. The van der Waals surface area contributed by atoms with Gasteiger partial charge < -0.3 is 9.84 Å². The molecule has 2 aromatic carbocycles. The summed E-state index contributed by atoms with van der Waals surface area (Å²) in [7, 11) is 1.58. The van der Waals surface area contributed by atoms with Crippen LogP contribution in [0.2, 0.25) is 0 Å². The van der Waals surface area contributed by atoms with Crippen molar-refractivity contribution in [2.75, 3.05) is 7.11 Å². The highest BCUT2D eigenvalue weighted by Crippen LogP contribution is 2.25. The molecule has 152 valence electrons. The first-order valence-electron chi connectivity index (χ1n) is 10.0. The van der Waals surface area contributed by atoms with Crippen LogP contribution in [-0.4, -0.2) is 33.0 Å². The maximum atomic E-state index is 11.5. The van der Waals surface area contributed by atoms with E-state index in [1.807, 2.05) is 41.1 Å². The van der Waals surface area contributed by atoms with Gasteiger partial charge in [-0.25, -0.2) is 9.48 Å². The molecule has 3 aromatic rings. The molecule has 1 aromatic heterocycles. The molecule has 0 spiro atoms. The number of aromatic carboxylic acids is 1. The van der Waals surface area contributed by atoms with Gasteiger partial charge in [-0.1, -0.05) is 68.7 Å². The van der Waals surface area contributed by atoms with Gasteiger partial charge in [-0.05, 0) is 29.2 Å². The molecule has 0 unspecified atom stereocenters. The molecular weight excluding hydrogens is 366 g/mol. The second-order valence-corrected chi connectivity index (χ2v) is 7.02. The fourth-order valence-electron chi connectivity index (χ4n) is 3.34. The molecule has 0 saturated carbocycles. The summed E-state index contributed by atoms with van der Waals surface area (Å²) < 4.78 is 7.15. The number of hydrogen-bond donors (Lipinski definition) is 1. The zero-order valence-corrected chi connectivity index (χ0v) is 17.0. The summed E-state index contributed by atoms with van der Waals surface area (Å²) in [5.41, 5.74) is 2.99. The SMILES string of the molecule is CCCCCCn1nc(OC)nc1Cc1ccc(-c2ccccc2C(=O)O)cc1. The molecule has 1 heterocycles. The molecule has 0 aliphatic rings. The Bertz CT molecular complexity index is 948. The van der Waals surface area contributed by atoms with E-state index in [0.717, 1.165) is 29.9 Å². The molecular formula is C23H27N3O3. The van der Waals surface area contributed by atoms with Gasteiger partial charge in [0.15, 0.2) is 0 Å². The van der Waals surface area contributed by atoms with Crippen LogP contribution in [-0.2, 0) is 13.0 Å². The van der Waals surface area contributed by atoms with Gasteiger partial charge in [0.25, 0.3) is 0 Å². The highest BCUT2D eigenvalue weighted by molar-refractivity contribution is 5.95. The van der Waals surface area contributed by atoms with Crippen LogP contribution in [0.1, 0.15) is 54.4 Å². The number of unbranched alkanes of at least 4 members (excludes halogenated alkanes) is 3. The quantitative estimate of drug-likeness (QED) is 0.500. The number of aromatic nitrogens is 3. The van der Waals surface area contributed by atoms with E-state index >= 15 is 0 Å². The van der Waals surface area contributed by atoms with Gasteiger partial charge in [0.1, 0.15) is 5.82 Å². The molecule has 0 amide bonds. The van der Waals surface area contributed by atoms with Crippen LogP contribution in [0.25, 0.3) is 11.1 Å². The number of carbonyl (C=O) groups is 1. The molecule has 0 aliphatic carbocycles. The monoisotopic (exact) mass is 393 g/mol. The maximum absolute atomic E-state index is 11.5. The van der Waals surface area contributed by atoms with Crippen molar-refractivity contribution >= 4 is 5.97 Å². The smallest absolute Gasteiger partial charge is 0.336 e. The first kappa shape index (κ1) is 20.6. The summed E-state index contributed by atoms with van der Waals surface area (Å²) in [5.74, 6) is -0.0509. The molecule has 0 saturated heterocycles. The summed E-state index contributed by atoms with van der Waals surface area (Å²) in [6, 6.07) is 15.4. The Hall–Kier alpha value is -3.15. The topological polar surface area (TPSA) is 77.2 Å². The number of rotatable bonds is 10. The van der Waals surface area contributed by atoms with Crippen molar-refractivity contribution in [1.82, 2.24) is 14.8 Å². The van der Waals surface area contributed by atoms with Gasteiger partial charge in [0.05, 0.1) is 12.7 Å². The van der Waals surface area contributed by atoms with Crippen molar-refractivity contribution in [3.63, 3.8) is 0 Å². The number of methoxy groups -OCH3 is 1. The van der Waals surface area contributed by atoms with Crippen molar-refractivity contribution < 1.29 is 14.6 Å². The van der Waals surface area contributed by atoms with Gasteiger partial charge in [0.2, 0.25) is 0 Å². The normalized spacial score (nSPS) is 10.8. The van der Waals surface area contributed by atoms with Gasteiger partial charge in [0, 0.05) is 13.0 Å². The van der Waals surface area contributed by atoms with Crippen LogP contribution < -0.4 is 4.74 Å². The average molecular weight is 393 g/mol. The van der Waals surface area contributed by atoms with E-state index in [9.17, 15) is 9.90 Å². The lowest BCUT2D eigenvalue weighted by molar-refractivity contribution is 0.0697. The van der Waals surface area contributed by atoms with E-state index in [4.69, 9.17) is 4.74 Å². The highest BCUT2D eigenvalue weighted by atomic mass is 16.5. The largest absolute Gasteiger partial charge is 0.478 e. The second-order valence-electron chi connectivity index (χ2n) is 7.02. The standard InChI is InChI=1S/C23H27N3O3/c1-3-4-5-8-15-26-21(24-23(25-26)29-2)16-17-11-13-18(14-12-17)19-9-6-7-10-20(19)22(27)28/h6-7,9-14H,3-5,8,15-16H2,1-2H3,(H,27,28).